The molecule has 1 N–H and O–H groups in total. The Balaban J connectivity index is 1.62. The fourth-order valence-electron chi connectivity index (χ4n) is 3.16. The predicted molar refractivity (Wildman–Crippen MR) is 69.9 cm³/mol. The highest BCUT2D eigenvalue weighted by Crippen LogP contribution is 2.28. The van der Waals surface area contributed by atoms with E-state index in [0.717, 1.165) is 38.4 Å². The molecule has 98 valence electrons. The van der Waals surface area contributed by atoms with Crippen molar-refractivity contribution >= 4 is 5.91 Å². The Morgan fingerprint density at radius 2 is 2.12 bits per heavy atom. The van der Waals surface area contributed by atoms with E-state index in [0.29, 0.717) is 11.9 Å². The first-order chi connectivity index (χ1) is 8.25. The van der Waals surface area contributed by atoms with E-state index in [1.807, 2.05) is 4.90 Å². The van der Waals surface area contributed by atoms with Gasteiger partial charge in [-0.1, -0.05) is 25.7 Å². The predicted octanol–water partition coefficient (Wildman–Crippen LogP) is 2.17. The number of piperazine rings is 1. The number of carbonyl (C=O) groups is 1. The maximum Gasteiger partial charge on any atom is 0.222 e. The minimum Gasteiger partial charge on any atom is -0.340 e. The molecule has 2 rings (SSSR count). The zero-order valence-electron chi connectivity index (χ0n) is 11.1. The van der Waals surface area contributed by atoms with Crippen LogP contribution in [-0.2, 0) is 4.79 Å². The second kappa shape index (κ2) is 6.39. The maximum atomic E-state index is 12.0. The molecule has 3 nitrogen and oxygen atoms in total. The minimum atomic E-state index is 0.372. The molecule has 2 fully saturated rings. The van der Waals surface area contributed by atoms with E-state index in [1.165, 1.54) is 32.1 Å². The lowest BCUT2D eigenvalue weighted by molar-refractivity contribution is -0.132. The topological polar surface area (TPSA) is 32.3 Å². The van der Waals surface area contributed by atoms with E-state index in [2.05, 4.69) is 12.2 Å². The van der Waals surface area contributed by atoms with Crippen LogP contribution in [0.4, 0.5) is 0 Å². The second-order valence-corrected chi connectivity index (χ2v) is 5.74. The highest BCUT2D eigenvalue weighted by molar-refractivity contribution is 5.76. The molecule has 17 heavy (non-hydrogen) atoms. The van der Waals surface area contributed by atoms with Gasteiger partial charge in [0.1, 0.15) is 0 Å². The van der Waals surface area contributed by atoms with Crippen molar-refractivity contribution in [2.45, 2.75) is 57.9 Å². The first-order valence-electron chi connectivity index (χ1n) is 7.27. The first-order valence-corrected chi connectivity index (χ1v) is 7.27. The average Bonchev–Trinajstić information content (AvgIpc) is 2.82. The molecule has 0 spiro atoms. The summed E-state index contributed by atoms with van der Waals surface area (Å²) in [7, 11) is 0. The molecule has 1 unspecified atom stereocenters. The molecule has 1 amide bonds. The van der Waals surface area contributed by atoms with Gasteiger partial charge in [0.25, 0.3) is 0 Å². The van der Waals surface area contributed by atoms with Crippen LogP contribution in [0.2, 0.25) is 0 Å². The van der Waals surface area contributed by atoms with Crippen LogP contribution >= 0.6 is 0 Å². The summed E-state index contributed by atoms with van der Waals surface area (Å²) in [6.07, 6.45) is 8.76. The molecule has 0 bridgehead atoms. The lowest BCUT2D eigenvalue weighted by atomic mass is 10.0. The summed E-state index contributed by atoms with van der Waals surface area (Å²) in [5.41, 5.74) is 0. The van der Waals surface area contributed by atoms with E-state index in [-0.39, 0.29) is 0 Å². The van der Waals surface area contributed by atoms with E-state index < -0.39 is 0 Å². The van der Waals surface area contributed by atoms with Gasteiger partial charge >= 0.3 is 0 Å². The summed E-state index contributed by atoms with van der Waals surface area (Å²) in [5.74, 6) is 1.29. The van der Waals surface area contributed by atoms with Crippen LogP contribution in [0, 0.1) is 5.92 Å². The molecule has 0 aromatic rings. The zero-order chi connectivity index (χ0) is 12.1. The summed E-state index contributed by atoms with van der Waals surface area (Å²) >= 11 is 0. The maximum absolute atomic E-state index is 12.0. The number of amides is 1. The lowest BCUT2D eigenvalue weighted by Crippen LogP contribution is -2.51. The molecule has 1 aliphatic carbocycles. The van der Waals surface area contributed by atoms with Crippen LogP contribution < -0.4 is 5.32 Å². The highest BCUT2D eigenvalue weighted by atomic mass is 16.2. The van der Waals surface area contributed by atoms with Crippen molar-refractivity contribution in [2.75, 3.05) is 19.6 Å². The third kappa shape index (κ3) is 3.98. The van der Waals surface area contributed by atoms with E-state index in [9.17, 15) is 4.79 Å². The van der Waals surface area contributed by atoms with Gasteiger partial charge in [0.15, 0.2) is 0 Å². The Morgan fingerprint density at radius 1 is 1.35 bits per heavy atom. The van der Waals surface area contributed by atoms with Gasteiger partial charge in [-0.25, -0.2) is 0 Å². The Morgan fingerprint density at radius 3 is 2.82 bits per heavy atom. The van der Waals surface area contributed by atoms with Crippen molar-refractivity contribution in [3.8, 4) is 0 Å². The van der Waals surface area contributed by atoms with Gasteiger partial charge in [-0.2, -0.15) is 0 Å². The van der Waals surface area contributed by atoms with Crippen molar-refractivity contribution < 1.29 is 4.79 Å². The smallest absolute Gasteiger partial charge is 0.222 e. The summed E-state index contributed by atoms with van der Waals surface area (Å²) < 4.78 is 0. The molecule has 0 aromatic heterocycles. The number of carbonyl (C=O) groups excluding carboxylic acids is 1. The Kier molecular flexibility index (Phi) is 4.84. The Bertz CT molecular complexity index is 249. The van der Waals surface area contributed by atoms with Gasteiger partial charge < -0.3 is 10.2 Å². The molecule has 0 radical (unpaired) electrons. The average molecular weight is 238 g/mol. The molecule has 2 aliphatic rings. The fraction of sp³-hybridized carbons (Fsp3) is 0.929. The SMILES string of the molecule is CC1CN(C(=O)CCCC2CCCC2)CCN1. The largest absolute Gasteiger partial charge is 0.340 e. The number of nitrogens with one attached hydrogen (secondary N) is 1. The van der Waals surface area contributed by atoms with Crippen molar-refractivity contribution in [1.29, 1.82) is 0 Å². The number of nitrogens with zero attached hydrogens (tertiary/aromatic N) is 1. The van der Waals surface area contributed by atoms with E-state index >= 15 is 0 Å². The van der Waals surface area contributed by atoms with Crippen LogP contribution in [0.3, 0.4) is 0 Å². The van der Waals surface area contributed by atoms with Gasteiger partial charge in [0.05, 0.1) is 0 Å². The number of rotatable bonds is 4. The lowest BCUT2D eigenvalue weighted by Gasteiger charge is -2.32. The van der Waals surface area contributed by atoms with Gasteiger partial charge in [-0.3, -0.25) is 4.79 Å². The van der Waals surface area contributed by atoms with Gasteiger partial charge in [0.2, 0.25) is 5.91 Å². The van der Waals surface area contributed by atoms with Crippen LogP contribution in [0.1, 0.15) is 51.9 Å². The zero-order valence-corrected chi connectivity index (χ0v) is 11.1. The third-order valence-corrected chi connectivity index (χ3v) is 4.20. The molecule has 3 heteroatoms. The molecule has 0 aromatic carbocycles. The normalized spacial score (nSPS) is 26.4. The molecule has 1 aliphatic heterocycles. The van der Waals surface area contributed by atoms with E-state index in [4.69, 9.17) is 0 Å². The molecule has 1 saturated carbocycles. The highest BCUT2D eigenvalue weighted by Gasteiger charge is 2.20. The Hall–Kier alpha value is -0.570. The second-order valence-electron chi connectivity index (χ2n) is 5.74. The van der Waals surface area contributed by atoms with Gasteiger partial charge in [-0.15, -0.1) is 0 Å². The van der Waals surface area contributed by atoms with Gasteiger partial charge in [-0.05, 0) is 25.7 Å². The number of hydrogen-bond donors (Lipinski definition) is 1. The van der Waals surface area contributed by atoms with E-state index in [1.54, 1.807) is 0 Å². The molecule has 1 saturated heterocycles. The van der Waals surface area contributed by atoms with Crippen LogP contribution in [0.15, 0.2) is 0 Å². The van der Waals surface area contributed by atoms with Gasteiger partial charge in [0, 0.05) is 32.1 Å². The number of hydrogen-bond acceptors (Lipinski definition) is 2. The van der Waals surface area contributed by atoms with Crippen LogP contribution in [0.25, 0.3) is 0 Å². The fourth-order valence-corrected chi connectivity index (χ4v) is 3.16. The van der Waals surface area contributed by atoms with Crippen molar-refractivity contribution in [3.63, 3.8) is 0 Å². The first kappa shape index (κ1) is 12.9. The molecular weight excluding hydrogens is 212 g/mol. The third-order valence-electron chi connectivity index (χ3n) is 4.20. The standard InChI is InChI=1S/C14H26N2O/c1-12-11-16(10-9-15-12)14(17)8-4-7-13-5-2-3-6-13/h12-13,15H,2-11H2,1H3. The minimum absolute atomic E-state index is 0.372. The summed E-state index contributed by atoms with van der Waals surface area (Å²) in [4.78, 5) is 14.1. The monoisotopic (exact) mass is 238 g/mol. The summed E-state index contributed by atoms with van der Waals surface area (Å²) in [5, 5.41) is 3.37. The Labute approximate surface area is 105 Å². The summed E-state index contributed by atoms with van der Waals surface area (Å²) in [6, 6.07) is 0.461. The molecule has 1 atom stereocenters. The van der Waals surface area contributed by atoms with Crippen molar-refractivity contribution in [3.05, 3.63) is 0 Å². The van der Waals surface area contributed by atoms with Crippen molar-refractivity contribution in [1.82, 2.24) is 10.2 Å². The van der Waals surface area contributed by atoms with Crippen LogP contribution in [0.5, 0.6) is 0 Å². The van der Waals surface area contributed by atoms with Crippen LogP contribution in [-0.4, -0.2) is 36.5 Å². The molecular formula is C14H26N2O. The summed E-state index contributed by atoms with van der Waals surface area (Å²) in [6.45, 7) is 4.89. The van der Waals surface area contributed by atoms with Crippen molar-refractivity contribution in [2.24, 2.45) is 5.92 Å². The quantitative estimate of drug-likeness (QED) is 0.814. The molecule has 1 heterocycles.